The van der Waals surface area contributed by atoms with Crippen molar-refractivity contribution < 1.29 is 9.53 Å². The zero-order valence-corrected chi connectivity index (χ0v) is 15.7. The first kappa shape index (κ1) is 18.4. The van der Waals surface area contributed by atoms with Crippen molar-refractivity contribution in [2.45, 2.75) is 58.5 Å². The largest absolute Gasteiger partial charge is 0.379 e. The van der Waals surface area contributed by atoms with Crippen molar-refractivity contribution in [1.82, 2.24) is 19.6 Å². The quantitative estimate of drug-likeness (QED) is 0.789. The van der Waals surface area contributed by atoms with Crippen LogP contribution in [0.4, 0.5) is 0 Å². The van der Waals surface area contributed by atoms with Crippen LogP contribution in [0.2, 0.25) is 0 Å². The van der Waals surface area contributed by atoms with E-state index >= 15 is 0 Å². The lowest BCUT2D eigenvalue weighted by molar-refractivity contribution is -0.135. The van der Waals surface area contributed by atoms with Gasteiger partial charge in [0, 0.05) is 50.9 Å². The van der Waals surface area contributed by atoms with Crippen LogP contribution in [0.5, 0.6) is 0 Å². The molecule has 0 N–H and O–H groups in total. The molecule has 2 fully saturated rings. The molecule has 0 spiro atoms. The van der Waals surface area contributed by atoms with Gasteiger partial charge in [0.25, 0.3) is 0 Å². The summed E-state index contributed by atoms with van der Waals surface area (Å²) >= 11 is 0. The van der Waals surface area contributed by atoms with Gasteiger partial charge in [-0.05, 0) is 45.6 Å². The second-order valence-corrected chi connectivity index (χ2v) is 7.38. The number of piperidine rings is 1. The highest BCUT2D eigenvalue weighted by molar-refractivity contribution is 5.76. The summed E-state index contributed by atoms with van der Waals surface area (Å²) in [5.41, 5.74) is 2.15. The van der Waals surface area contributed by atoms with E-state index in [4.69, 9.17) is 4.74 Å². The molecule has 0 unspecified atom stereocenters. The third-order valence-corrected chi connectivity index (χ3v) is 5.47. The van der Waals surface area contributed by atoms with Crippen LogP contribution in [0.25, 0.3) is 0 Å². The zero-order valence-electron chi connectivity index (χ0n) is 15.7. The van der Waals surface area contributed by atoms with Crippen LogP contribution in [0, 0.1) is 13.8 Å². The predicted octanol–water partition coefficient (Wildman–Crippen LogP) is 1.99. The monoisotopic (exact) mass is 348 g/mol. The van der Waals surface area contributed by atoms with Gasteiger partial charge in [0.1, 0.15) is 0 Å². The van der Waals surface area contributed by atoms with Crippen molar-refractivity contribution in [2.75, 3.05) is 39.4 Å². The van der Waals surface area contributed by atoms with Crippen molar-refractivity contribution in [3.63, 3.8) is 0 Å². The third-order valence-electron chi connectivity index (χ3n) is 5.47. The lowest BCUT2D eigenvalue weighted by atomic mass is 9.98. The number of hydrogen-bond donors (Lipinski definition) is 0. The topological polar surface area (TPSA) is 50.6 Å². The van der Waals surface area contributed by atoms with Gasteiger partial charge in [-0.15, -0.1) is 0 Å². The van der Waals surface area contributed by atoms with E-state index in [1.165, 1.54) is 6.42 Å². The molecule has 0 bridgehead atoms. The number of morpholine rings is 1. The van der Waals surface area contributed by atoms with Gasteiger partial charge in [-0.2, -0.15) is 5.10 Å². The molecule has 2 saturated heterocycles. The number of carbonyl (C=O) groups is 1. The smallest absolute Gasteiger partial charge is 0.224 e. The number of aromatic nitrogens is 2. The number of likely N-dealkylation sites (tertiary alicyclic amines) is 1. The Bertz CT molecular complexity index is 566. The highest BCUT2D eigenvalue weighted by Crippen LogP contribution is 2.21. The average Bonchev–Trinajstić information content (AvgIpc) is 2.96. The number of carbonyl (C=O) groups excluding carboxylic acids is 1. The molecule has 2 aliphatic rings. The summed E-state index contributed by atoms with van der Waals surface area (Å²) < 4.78 is 7.38. The Balaban J connectivity index is 1.50. The molecule has 0 aliphatic carbocycles. The number of nitrogens with zero attached hydrogens (tertiary/aromatic N) is 4. The maximum Gasteiger partial charge on any atom is 0.224 e. The Hall–Kier alpha value is -1.40. The first-order valence-corrected chi connectivity index (χ1v) is 9.74. The summed E-state index contributed by atoms with van der Waals surface area (Å²) in [6.07, 6.45) is 5.17. The van der Waals surface area contributed by atoms with E-state index < -0.39 is 0 Å². The zero-order chi connectivity index (χ0) is 17.6. The van der Waals surface area contributed by atoms with Crippen LogP contribution in [0.15, 0.2) is 6.07 Å². The SMILES string of the molecule is Cc1cc(C)n(CCC(=O)N2CCCC[C@H]2CCN2CCOCC2)n1. The van der Waals surface area contributed by atoms with Gasteiger partial charge < -0.3 is 9.64 Å². The minimum absolute atomic E-state index is 0.291. The molecule has 3 heterocycles. The molecule has 6 nitrogen and oxygen atoms in total. The van der Waals surface area contributed by atoms with E-state index in [1.54, 1.807) is 0 Å². The number of ether oxygens (including phenoxy) is 1. The molecule has 6 heteroatoms. The fraction of sp³-hybridized carbons (Fsp3) is 0.789. The van der Waals surface area contributed by atoms with Gasteiger partial charge in [0.2, 0.25) is 5.91 Å². The van der Waals surface area contributed by atoms with Gasteiger partial charge in [0.05, 0.1) is 18.9 Å². The van der Waals surface area contributed by atoms with Crippen LogP contribution in [0.3, 0.4) is 0 Å². The number of rotatable bonds is 6. The van der Waals surface area contributed by atoms with Gasteiger partial charge in [0.15, 0.2) is 0 Å². The summed E-state index contributed by atoms with van der Waals surface area (Å²) in [4.78, 5) is 17.4. The predicted molar refractivity (Wildman–Crippen MR) is 97.5 cm³/mol. The average molecular weight is 348 g/mol. The second kappa shape index (κ2) is 8.81. The molecule has 25 heavy (non-hydrogen) atoms. The molecule has 1 aromatic rings. The summed E-state index contributed by atoms with van der Waals surface area (Å²) in [7, 11) is 0. The molecule has 1 amide bonds. The lowest BCUT2D eigenvalue weighted by Gasteiger charge is -2.37. The summed E-state index contributed by atoms with van der Waals surface area (Å²) in [5.74, 6) is 0.291. The van der Waals surface area contributed by atoms with E-state index in [9.17, 15) is 4.79 Å². The summed E-state index contributed by atoms with van der Waals surface area (Å²) in [5, 5.41) is 4.47. The van der Waals surface area contributed by atoms with E-state index in [1.807, 2.05) is 11.6 Å². The van der Waals surface area contributed by atoms with Crippen molar-refractivity contribution in [1.29, 1.82) is 0 Å². The Morgan fingerprint density at radius 2 is 2.00 bits per heavy atom. The molecular weight excluding hydrogens is 316 g/mol. The lowest BCUT2D eigenvalue weighted by Crippen LogP contribution is -2.46. The molecule has 3 rings (SSSR count). The van der Waals surface area contributed by atoms with Crippen LogP contribution in [0.1, 0.15) is 43.5 Å². The minimum atomic E-state index is 0.291. The highest BCUT2D eigenvalue weighted by atomic mass is 16.5. The van der Waals surface area contributed by atoms with Crippen molar-refractivity contribution >= 4 is 5.91 Å². The first-order valence-electron chi connectivity index (χ1n) is 9.74. The first-order chi connectivity index (χ1) is 12.1. The maximum absolute atomic E-state index is 12.8. The fourth-order valence-corrected chi connectivity index (χ4v) is 4.03. The van der Waals surface area contributed by atoms with Crippen LogP contribution >= 0.6 is 0 Å². The van der Waals surface area contributed by atoms with E-state index in [0.717, 1.165) is 70.0 Å². The summed E-state index contributed by atoms with van der Waals surface area (Å²) in [6, 6.07) is 2.47. The number of hydrogen-bond acceptors (Lipinski definition) is 4. The van der Waals surface area contributed by atoms with Crippen molar-refractivity contribution in [3.05, 3.63) is 17.5 Å². The number of aryl methyl sites for hydroxylation is 3. The molecule has 140 valence electrons. The molecule has 0 saturated carbocycles. The standard InChI is InChI=1S/C19H32N4O2/c1-16-15-17(2)23(20-16)10-7-19(24)22-8-4-3-5-18(22)6-9-21-11-13-25-14-12-21/h15,18H,3-14H2,1-2H3/t18-/m0/s1. The maximum atomic E-state index is 12.8. The van der Waals surface area contributed by atoms with Crippen LogP contribution in [-0.4, -0.2) is 70.9 Å². The van der Waals surface area contributed by atoms with Crippen molar-refractivity contribution in [2.24, 2.45) is 0 Å². The van der Waals surface area contributed by atoms with Gasteiger partial charge >= 0.3 is 0 Å². The van der Waals surface area contributed by atoms with Crippen LogP contribution < -0.4 is 0 Å². The Morgan fingerprint density at radius 3 is 2.72 bits per heavy atom. The molecule has 1 atom stereocenters. The molecule has 0 radical (unpaired) electrons. The minimum Gasteiger partial charge on any atom is -0.379 e. The van der Waals surface area contributed by atoms with E-state index in [0.29, 0.717) is 24.9 Å². The molecular formula is C19H32N4O2. The molecule has 2 aliphatic heterocycles. The third kappa shape index (κ3) is 5.05. The van der Waals surface area contributed by atoms with E-state index in [2.05, 4.69) is 27.9 Å². The normalized spacial score (nSPS) is 22.3. The Labute approximate surface area is 151 Å². The van der Waals surface area contributed by atoms with Crippen LogP contribution in [-0.2, 0) is 16.1 Å². The molecule has 1 aromatic heterocycles. The van der Waals surface area contributed by atoms with Gasteiger partial charge in [-0.1, -0.05) is 0 Å². The Morgan fingerprint density at radius 1 is 1.20 bits per heavy atom. The number of amides is 1. The summed E-state index contributed by atoms with van der Waals surface area (Å²) in [6.45, 7) is 10.5. The van der Waals surface area contributed by atoms with Gasteiger partial charge in [-0.3, -0.25) is 14.4 Å². The van der Waals surface area contributed by atoms with E-state index in [-0.39, 0.29) is 0 Å². The van der Waals surface area contributed by atoms with Crippen molar-refractivity contribution in [3.8, 4) is 0 Å². The Kier molecular flexibility index (Phi) is 6.48. The fourth-order valence-electron chi connectivity index (χ4n) is 4.03. The highest BCUT2D eigenvalue weighted by Gasteiger charge is 2.27. The van der Waals surface area contributed by atoms with Gasteiger partial charge in [-0.25, -0.2) is 0 Å². The molecule has 0 aromatic carbocycles. The second-order valence-electron chi connectivity index (χ2n) is 7.38.